The van der Waals surface area contributed by atoms with Gasteiger partial charge in [0.25, 0.3) is 0 Å². The Morgan fingerprint density at radius 1 is 0.947 bits per heavy atom. The first-order chi connectivity index (χ1) is 9.08. The van der Waals surface area contributed by atoms with Crippen molar-refractivity contribution in [3.05, 3.63) is 57.5 Å². The Bertz CT molecular complexity index is 602. The molecule has 2 aromatic carbocycles. The van der Waals surface area contributed by atoms with Gasteiger partial charge < -0.3 is 4.74 Å². The maximum atomic E-state index is 11.7. The van der Waals surface area contributed by atoms with E-state index in [1.807, 2.05) is 6.07 Å². The summed E-state index contributed by atoms with van der Waals surface area (Å²) in [5.41, 5.74) is 0.615. The number of hydrogen-bond acceptors (Lipinski definition) is 2. The van der Waals surface area contributed by atoms with Gasteiger partial charge in [-0.05, 0) is 24.3 Å². The summed E-state index contributed by atoms with van der Waals surface area (Å²) < 4.78 is 5.06. The second-order valence-corrected chi connectivity index (χ2v) is 4.72. The van der Waals surface area contributed by atoms with Crippen molar-refractivity contribution in [2.75, 3.05) is 5.32 Å². The lowest BCUT2D eigenvalue weighted by Crippen LogP contribution is -2.16. The van der Waals surface area contributed by atoms with Gasteiger partial charge >= 0.3 is 6.09 Å². The largest absolute Gasteiger partial charge is 0.417 e. The zero-order valence-corrected chi connectivity index (χ0v) is 11.8. The van der Waals surface area contributed by atoms with E-state index in [0.717, 1.165) is 0 Å². The first kappa shape index (κ1) is 14.0. The molecule has 0 unspecified atom stereocenters. The molecule has 0 bridgehead atoms. The Balaban J connectivity index is 2.10. The third-order valence-electron chi connectivity index (χ3n) is 2.22. The van der Waals surface area contributed by atoms with Gasteiger partial charge in [0.05, 0.1) is 10.0 Å². The molecule has 98 valence electrons. The van der Waals surface area contributed by atoms with E-state index in [1.54, 1.807) is 24.3 Å². The lowest BCUT2D eigenvalue weighted by molar-refractivity contribution is 0.215. The van der Waals surface area contributed by atoms with Gasteiger partial charge in [-0.3, -0.25) is 5.32 Å². The van der Waals surface area contributed by atoms with Gasteiger partial charge in [-0.2, -0.15) is 0 Å². The summed E-state index contributed by atoms with van der Waals surface area (Å²) in [4.78, 5) is 11.7. The normalized spacial score (nSPS) is 10.1. The minimum Gasteiger partial charge on any atom is -0.408 e. The molecule has 2 rings (SSSR count). The Morgan fingerprint density at radius 3 is 2.32 bits per heavy atom. The predicted octanol–water partition coefficient (Wildman–Crippen LogP) is 5.26. The van der Waals surface area contributed by atoms with Crippen LogP contribution in [0.2, 0.25) is 15.1 Å². The highest BCUT2D eigenvalue weighted by Gasteiger charge is 2.13. The Hall–Kier alpha value is -1.42. The zero-order valence-electron chi connectivity index (χ0n) is 9.49. The first-order valence-corrected chi connectivity index (χ1v) is 6.38. The predicted molar refractivity (Wildman–Crippen MR) is 77.6 cm³/mol. The van der Waals surface area contributed by atoms with Crippen LogP contribution in [0.3, 0.4) is 0 Å². The molecule has 1 N–H and O–H groups in total. The highest BCUT2D eigenvalue weighted by molar-refractivity contribution is 6.48. The van der Waals surface area contributed by atoms with Crippen molar-refractivity contribution < 1.29 is 9.53 Å². The molecule has 1 amide bonds. The number of para-hydroxylation sites is 1. The number of ether oxygens (including phenoxy) is 1. The van der Waals surface area contributed by atoms with Gasteiger partial charge in [-0.25, -0.2) is 4.79 Å². The van der Waals surface area contributed by atoms with Crippen molar-refractivity contribution in [1.29, 1.82) is 0 Å². The van der Waals surface area contributed by atoms with Crippen LogP contribution in [0.1, 0.15) is 0 Å². The van der Waals surface area contributed by atoms with Gasteiger partial charge in [-0.15, -0.1) is 0 Å². The van der Waals surface area contributed by atoms with Crippen LogP contribution in [0.15, 0.2) is 42.5 Å². The van der Waals surface area contributed by atoms with Gasteiger partial charge in [0.2, 0.25) is 0 Å². The molecule has 0 aromatic heterocycles. The minimum atomic E-state index is -0.661. The number of carbonyl (C=O) groups is 1. The second-order valence-electron chi connectivity index (χ2n) is 3.55. The van der Waals surface area contributed by atoms with Gasteiger partial charge in [0.15, 0.2) is 5.75 Å². The number of hydrogen-bond donors (Lipinski definition) is 1. The molecule has 0 aliphatic rings. The fraction of sp³-hybridized carbons (Fsp3) is 0. The molecule has 0 fully saturated rings. The van der Waals surface area contributed by atoms with Crippen LogP contribution >= 0.6 is 34.8 Å². The molecular weight excluding hydrogens is 309 g/mol. The van der Waals surface area contributed by atoms with Crippen LogP contribution < -0.4 is 10.1 Å². The number of nitrogens with one attached hydrogen (secondary N) is 1. The zero-order chi connectivity index (χ0) is 13.8. The summed E-state index contributed by atoms with van der Waals surface area (Å²) in [6.07, 6.45) is -0.661. The van der Waals surface area contributed by atoms with Crippen molar-refractivity contribution in [3.8, 4) is 5.75 Å². The molecule has 19 heavy (non-hydrogen) atoms. The average Bonchev–Trinajstić information content (AvgIpc) is 2.41. The van der Waals surface area contributed by atoms with E-state index >= 15 is 0 Å². The molecule has 0 heterocycles. The summed E-state index contributed by atoms with van der Waals surface area (Å²) in [6.45, 7) is 0. The topological polar surface area (TPSA) is 38.3 Å². The molecule has 0 atom stereocenters. The third-order valence-corrected chi connectivity index (χ3v) is 3.50. The van der Waals surface area contributed by atoms with Crippen LogP contribution in [-0.4, -0.2) is 6.09 Å². The van der Waals surface area contributed by atoms with Crippen LogP contribution in [0, 0.1) is 0 Å². The SMILES string of the molecule is O=C(Nc1ccccc1)Oc1ccc(Cl)c(Cl)c1Cl. The fourth-order valence-electron chi connectivity index (χ4n) is 1.35. The van der Waals surface area contributed by atoms with Gasteiger partial charge in [-0.1, -0.05) is 53.0 Å². The molecule has 0 aliphatic carbocycles. The van der Waals surface area contributed by atoms with Gasteiger partial charge in [0.1, 0.15) is 5.02 Å². The van der Waals surface area contributed by atoms with E-state index in [-0.39, 0.29) is 15.8 Å². The lowest BCUT2D eigenvalue weighted by atomic mass is 10.3. The number of anilines is 1. The van der Waals surface area contributed by atoms with Crippen molar-refractivity contribution >= 4 is 46.6 Å². The second kappa shape index (κ2) is 6.15. The van der Waals surface area contributed by atoms with Crippen LogP contribution in [-0.2, 0) is 0 Å². The quantitative estimate of drug-likeness (QED) is 0.768. The average molecular weight is 317 g/mol. The Morgan fingerprint density at radius 2 is 1.63 bits per heavy atom. The number of amides is 1. The van der Waals surface area contributed by atoms with Crippen LogP contribution in [0.5, 0.6) is 5.75 Å². The maximum absolute atomic E-state index is 11.7. The Kier molecular flexibility index (Phi) is 4.53. The van der Waals surface area contributed by atoms with E-state index in [2.05, 4.69) is 5.32 Å². The highest BCUT2D eigenvalue weighted by Crippen LogP contribution is 2.37. The third kappa shape index (κ3) is 3.53. The van der Waals surface area contributed by atoms with E-state index < -0.39 is 6.09 Å². The monoisotopic (exact) mass is 315 g/mol. The Labute approximate surface area is 125 Å². The number of rotatable bonds is 2. The molecule has 6 heteroatoms. The number of halogens is 3. The van der Waals surface area contributed by atoms with Gasteiger partial charge in [0, 0.05) is 5.69 Å². The maximum Gasteiger partial charge on any atom is 0.417 e. The summed E-state index contributed by atoms with van der Waals surface area (Å²) in [5.74, 6) is 0.143. The van der Waals surface area contributed by atoms with Crippen molar-refractivity contribution in [2.24, 2.45) is 0 Å². The number of carbonyl (C=O) groups excluding carboxylic acids is 1. The smallest absolute Gasteiger partial charge is 0.408 e. The van der Waals surface area contributed by atoms with Crippen molar-refractivity contribution in [3.63, 3.8) is 0 Å². The van der Waals surface area contributed by atoms with E-state index in [0.29, 0.717) is 10.7 Å². The van der Waals surface area contributed by atoms with Crippen molar-refractivity contribution in [2.45, 2.75) is 0 Å². The van der Waals surface area contributed by atoms with E-state index in [9.17, 15) is 4.79 Å². The molecule has 0 spiro atoms. The molecular formula is C13H8Cl3NO2. The lowest BCUT2D eigenvalue weighted by Gasteiger charge is -2.09. The first-order valence-electron chi connectivity index (χ1n) is 5.25. The summed E-state index contributed by atoms with van der Waals surface area (Å²) >= 11 is 17.6. The molecule has 0 saturated heterocycles. The summed E-state index contributed by atoms with van der Waals surface area (Å²) in [5, 5.41) is 3.09. The fourth-order valence-corrected chi connectivity index (χ4v) is 1.92. The minimum absolute atomic E-state index is 0.0948. The standard InChI is InChI=1S/C13H8Cl3NO2/c14-9-6-7-10(12(16)11(9)15)19-13(18)17-8-4-2-1-3-5-8/h1-7H,(H,17,18). The molecule has 0 aliphatic heterocycles. The summed E-state index contributed by atoms with van der Waals surface area (Å²) in [7, 11) is 0. The number of benzene rings is 2. The van der Waals surface area contributed by atoms with E-state index in [4.69, 9.17) is 39.5 Å². The van der Waals surface area contributed by atoms with E-state index in [1.165, 1.54) is 12.1 Å². The molecule has 2 aromatic rings. The molecule has 0 radical (unpaired) electrons. The highest BCUT2D eigenvalue weighted by atomic mass is 35.5. The van der Waals surface area contributed by atoms with Crippen LogP contribution in [0.4, 0.5) is 10.5 Å². The summed E-state index contributed by atoms with van der Waals surface area (Å²) in [6, 6.07) is 11.9. The van der Waals surface area contributed by atoms with Crippen molar-refractivity contribution in [1.82, 2.24) is 0 Å². The molecule has 0 saturated carbocycles. The molecule has 3 nitrogen and oxygen atoms in total. The van der Waals surface area contributed by atoms with Crippen LogP contribution in [0.25, 0.3) is 0 Å².